The average molecular weight is 1700 g/mol. The predicted octanol–water partition coefficient (Wildman–Crippen LogP) is 29.0. The Labute approximate surface area is 704 Å². The smallest absolute Gasteiger partial charge is 0.305 e. The Morgan fingerprint density at radius 3 is 0.670 bits per heavy atom. The molecule has 1 aliphatic rings. The quantitative estimate of drug-likeness (QED) is 0.113. The molecule has 0 amide bonds. The van der Waals surface area contributed by atoms with Crippen molar-refractivity contribution >= 4 is 0 Å². The fourth-order valence-corrected chi connectivity index (χ4v) is 16.2. The molecule has 0 aliphatic heterocycles. The molecule has 0 saturated heterocycles. The fraction of sp³-hybridized carbons (Fsp3) is 0.389. The molecule has 12 aromatic rings. The number of aromatic nitrogens is 6. The van der Waals surface area contributed by atoms with Gasteiger partial charge in [-0.2, -0.15) is 0 Å². The first-order chi connectivity index (χ1) is 53.1. The zero-order chi connectivity index (χ0) is 82.4. The Balaban J connectivity index is 0.0000122. The van der Waals surface area contributed by atoms with Gasteiger partial charge in [0.25, 0.3) is 0 Å². The van der Waals surface area contributed by atoms with Crippen LogP contribution in [0.15, 0.2) is 201 Å². The second-order valence-corrected chi connectivity index (χ2v) is 42.0. The Bertz CT molecular complexity index is 4920. The van der Waals surface area contributed by atoms with Gasteiger partial charge in [-0.3, -0.25) is 15.0 Å². The second-order valence-electron chi connectivity index (χ2n) is 42.0. The molecule has 6 nitrogen and oxygen atoms in total. The van der Waals surface area contributed by atoms with Crippen molar-refractivity contribution < 1.29 is 20.1 Å². The van der Waals surface area contributed by atoms with E-state index in [4.69, 9.17) is 29.9 Å². The largest absolute Gasteiger partial charge is 3.00 e. The van der Waals surface area contributed by atoms with Crippen LogP contribution in [-0.4, -0.2) is 29.9 Å². The predicted molar refractivity (Wildman–Crippen MR) is 482 cm³/mol. The summed E-state index contributed by atoms with van der Waals surface area (Å²) in [5.41, 5.74) is 31.9. The first-order valence-corrected chi connectivity index (χ1v) is 41.6. The van der Waals surface area contributed by atoms with E-state index in [9.17, 15) is 0 Å². The van der Waals surface area contributed by atoms with Gasteiger partial charge in [-0.25, -0.2) is 0 Å². The maximum Gasteiger partial charge on any atom is 3.00 e. The van der Waals surface area contributed by atoms with Gasteiger partial charge in [0.05, 0.1) is 0 Å². The summed E-state index contributed by atoms with van der Waals surface area (Å²) >= 11 is 0. The number of hydrogen-bond acceptors (Lipinski definition) is 6. The Hall–Kier alpha value is -9.13. The van der Waals surface area contributed by atoms with Crippen LogP contribution in [0.3, 0.4) is 0 Å². The zero-order valence-electron chi connectivity index (χ0n) is 73.9. The van der Waals surface area contributed by atoms with Gasteiger partial charge in [0.1, 0.15) is 0 Å². The molecule has 6 heterocycles. The van der Waals surface area contributed by atoms with E-state index in [-0.39, 0.29) is 86.6 Å². The van der Waals surface area contributed by atoms with Gasteiger partial charge in [0.2, 0.25) is 0 Å². The first kappa shape index (κ1) is 85.2. The third-order valence-corrected chi connectivity index (χ3v) is 23.4. The molecule has 0 bridgehead atoms. The molecule has 6 aromatic heterocycles. The van der Waals surface area contributed by atoms with E-state index in [0.29, 0.717) is 0 Å². The van der Waals surface area contributed by atoms with E-state index in [1.54, 1.807) is 0 Å². The first-order valence-electron chi connectivity index (χ1n) is 41.6. The molecule has 594 valence electrons. The summed E-state index contributed by atoms with van der Waals surface area (Å²) in [6, 6.07) is 81.2. The van der Waals surface area contributed by atoms with Crippen LogP contribution in [0, 0.1) is 18.2 Å². The van der Waals surface area contributed by atoms with Gasteiger partial charge in [-0.1, -0.05) is 328 Å². The Morgan fingerprint density at radius 2 is 0.461 bits per heavy atom. The van der Waals surface area contributed by atoms with Gasteiger partial charge in [-0.15, -0.1) is 71.3 Å². The number of rotatable bonds is 12. The van der Waals surface area contributed by atoms with Crippen LogP contribution in [0.5, 0.6) is 0 Å². The fourth-order valence-electron chi connectivity index (χ4n) is 16.2. The number of pyridine rings is 6. The summed E-state index contributed by atoms with van der Waals surface area (Å²) in [4.78, 5) is 31.7. The van der Waals surface area contributed by atoms with Crippen molar-refractivity contribution in [3.8, 4) is 101 Å². The molecule has 0 N–H and O–H groups in total. The van der Waals surface area contributed by atoms with Crippen molar-refractivity contribution in [3.05, 3.63) is 286 Å². The maximum absolute atomic E-state index is 5.47. The molecule has 7 heteroatoms. The molecule has 1 saturated carbocycles. The molecule has 115 heavy (non-hydrogen) atoms. The van der Waals surface area contributed by atoms with Crippen LogP contribution in [0.1, 0.15) is 292 Å². The molecule has 0 spiro atoms. The Kier molecular flexibility index (Phi) is 23.5. The second kappa shape index (κ2) is 31.7. The van der Waals surface area contributed by atoms with Crippen LogP contribution in [0.25, 0.3) is 101 Å². The third kappa shape index (κ3) is 18.8. The van der Waals surface area contributed by atoms with Gasteiger partial charge in [0, 0.05) is 85.2 Å². The van der Waals surface area contributed by atoms with Crippen molar-refractivity contribution in [2.24, 2.45) is 0 Å². The van der Waals surface area contributed by atoms with Gasteiger partial charge in [-0.05, 0) is 175 Å². The molecule has 0 unspecified atom stereocenters. The van der Waals surface area contributed by atoms with E-state index in [1.807, 2.05) is 18.6 Å². The van der Waals surface area contributed by atoms with E-state index in [0.717, 1.165) is 137 Å². The van der Waals surface area contributed by atoms with Crippen LogP contribution < -0.4 is 0 Å². The number of nitrogens with zero attached hydrogens (tertiary/aromatic N) is 6. The minimum Gasteiger partial charge on any atom is -0.305 e. The molecule has 0 radical (unpaired) electrons. The molecule has 0 atom stereocenters. The Morgan fingerprint density at radius 1 is 0.243 bits per heavy atom. The van der Waals surface area contributed by atoms with E-state index in [2.05, 4.69) is 387 Å². The third-order valence-electron chi connectivity index (χ3n) is 23.4. The molecule has 6 aromatic carbocycles. The summed E-state index contributed by atoms with van der Waals surface area (Å²) in [5.74, 6) is 0.232. The molecule has 13 rings (SSSR count). The van der Waals surface area contributed by atoms with Crippen molar-refractivity contribution in [2.75, 3.05) is 0 Å². The normalized spacial score (nSPS) is 15.5. The van der Waals surface area contributed by atoms with Crippen LogP contribution in [-0.2, 0) is 68.8 Å². The van der Waals surface area contributed by atoms with Gasteiger partial charge in [0.15, 0.2) is 0 Å². The topological polar surface area (TPSA) is 77.3 Å². The number of hydrogen-bond donors (Lipinski definition) is 0. The van der Waals surface area contributed by atoms with Crippen molar-refractivity contribution in [3.63, 3.8) is 0 Å². The SMILES string of the molecule is CC(C)(C)c1ccnc(-c2[c-]cc(-c3ccccc3C3CC(c4ccccc4-c4c[c-]c(-c5cc(C(C)(C)C)ccn5)cc4-c4cc(C(C)(C)C)nc(C(C)(C)C)c4)CC(c4ccccc4-c4c[c-]c(-c5cc(C(C)(C)C)ccn5)cc4-c4cc(C(C)(C)C)nc(C(C)(C)C)c4)C3)c(-c3cc(C(C)(C)C)nc(C(C)(C)C)c3)c2)c1.[Ir+3]. The van der Waals surface area contributed by atoms with E-state index >= 15 is 0 Å². The minimum atomic E-state index is -0.225. The summed E-state index contributed by atoms with van der Waals surface area (Å²) < 4.78 is 0. The van der Waals surface area contributed by atoms with Crippen molar-refractivity contribution in [2.45, 2.75) is 273 Å². The van der Waals surface area contributed by atoms with Crippen LogP contribution in [0.4, 0.5) is 0 Å². The standard InChI is InChI=1S/C108H123N6.Ir/c1-100(2,3)76-46-49-109-91(64-76)67-40-43-85(88(55-67)73-58-94(103(10,11)12)112-95(59-73)104(13,14)15)82-37-31-28-34-79(82)70-52-71(80-35-29-32-38-83(80)86-44-41-68(92-65-77(47-50-110-92)101(4,5)6)56-89(86)74-60-96(105(16,17)18)113-97(61-74)106(19,20)21)54-72(53-70)81-36-30-33-39-84(81)87-45-42-69(93-66-78(48-51-111-93)102(7,8)9)57-90(87)75-62-98(107(22,23)24)114-99(63-75)108(25,26)27;/h28-39,43-51,55-66,70-72H,52-54H2,1-27H3;/q-3;+3. The summed E-state index contributed by atoms with van der Waals surface area (Å²) in [6.45, 7) is 61.6. The van der Waals surface area contributed by atoms with E-state index in [1.165, 1.54) is 50.1 Å². The summed E-state index contributed by atoms with van der Waals surface area (Å²) in [7, 11) is 0. The molecular weight excluding hydrogens is 1570 g/mol. The number of benzene rings is 6. The van der Waals surface area contributed by atoms with Crippen molar-refractivity contribution in [1.29, 1.82) is 0 Å². The maximum atomic E-state index is 5.47. The monoisotopic (exact) mass is 1700 g/mol. The zero-order valence-corrected chi connectivity index (χ0v) is 76.3. The molecule has 1 fully saturated rings. The van der Waals surface area contributed by atoms with Gasteiger partial charge < -0.3 is 15.0 Å². The van der Waals surface area contributed by atoms with Crippen LogP contribution in [0.2, 0.25) is 0 Å². The van der Waals surface area contributed by atoms with Crippen molar-refractivity contribution in [1.82, 2.24) is 29.9 Å². The molecule has 1 aliphatic carbocycles. The minimum absolute atomic E-state index is 0. The average Bonchev–Trinajstić information content (AvgIpc) is 0.753. The molecular formula is C108H123IrN6. The summed E-state index contributed by atoms with van der Waals surface area (Å²) in [6.07, 6.45) is 8.60. The van der Waals surface area contributed by atoms with Crippen LogP contribution >= 0.6 is 0 Å². The summed E-state index contributed by atoms with van der Waals surface area (Å²) in [5, 5.41) is 0. The van der Waals surface area contributed by atoms with E-state index < -0.39 is 0 Å². The van der Waals surface area contributed by atoms with Gasteiger partial charge >= 0.3 is 20.1 Å².